The summed E-state index contributed by atoms with van der Waals surface area (Å²) in [6.07, 6.45) is 5.32. The lowest BCUT2D eigenvalue weighted by molar-refractivity contribution is -0.134. The first kappa shape index (κ1) is 16.7. The van der Waals surface area contributed by atoms with Crippen LogP contribution in [0.15, 0.2) is 35.3 Å². The van der Waals surface area contributed by atoms with Gasteiger partial charge in [-0.2, -0.15) is 5.10 Å². The third-order valence-electron chi connectivity index (χ3n) is 4.20. The molecule has 1 amide bonds. The van der Waals surface area contributed by atoms with Crippen molar-refractivity contribution in [3.8, 4) is 0 Å². The number of ether oxygens (including phenoxy) is 1. The summed E-state index contributed by atoms with van der Waals surface area (Å²) in [6.45, 7) is 4.04. The number of carbonyl (C=O) groups is 1. The topological polar surface area (TPSA) is 63.7 Å². The maximum absolute atomic E-state index is 11.6. The molecule has 0 aliphatic carbocycles. The van der Waals surface area contributed by atoms with Crippen LogP contribution in [0.1, 0.15) is 11.3 Å². The predicted octanol–water partition coefficient (Wildman–Crippen LogP) is 1.21. The average Bonchev–Trinajstić information content (AvgIpc) is 3.16. The highest BCUT2D eigenvalue weighted by atomic mass is 16.5. The van der Waals surface area contributed by atoms with Gasteiger partial charge in [0.05, 0.1) is 24.8 Å². The number of fused-ring (bicyclic) bond motifs is 1. The Morgan fingerprint density at radius 3 is 3.04 bits per heavy atom. The lowest BCUT2D eigenvalue weighted by atomic mass is 10.1. The molecule has 0 fully saturated rings. The van der Waals surface area contributed by atoms with Gasteiger partial charge in [0.1, 0.15) is 6.61 Å². The zero-order chi connectivity index (χ0) is 16.9. The Hall–Kier alpha value is -2.12. The number of likely N-dealkylation sites (N-methyl/N-ethyl adjacent to an activating group) is 1. The molecule has 0 saturated heterocycles. The number of nitrogens with zero attached hydrogens (tertiary/aromatic N) is 4. The van der Waals surface area contributed by atoms with Gasteiger partial charge in [0, 0.05) is 58.0 Å². The maximum atomic E-state index is 11.6. The number of furan rings is 1. The van der Waals surface area contributed by atoms with Crippen LogP contribution in [-0.4, -0.2) is 59.3 Å². The van der Waals surface area contributed by atoms with Crippen LogP contribution in [0, 0.1) is 5.92 Å². The second-order valence-corrected chi connectivity index (χ2v) is 6.48. The van der Waals surface area contributed by atoms with E-state index in [9.17, 15) is 4.79 Å². The van der Waals surface area contributed by atoms with Crippen LogP contribution in [0.4, 0.5) is 0 Å². The minimum Gasteiger partial charge on any atom is -0.472 e. The Bertz CT molecular complexity index is 651. The molecule has 0 spiro atoms. The van der Waals surface area contributed by atoms with E-state index in [1.165, 1.54) is 5.69 Å². The number of hydrogen-bond donors (Lipinski definition) is 0. The Kier molecular flexibility index (Phi) is 5.32. The monoisotopic (exact) mass is 332 g/mol. The van der Waals surface area contributed by atoms with Crippen LogP contribution in [0.25, 0.3) is 0 Å². The number of rotatable bonds is 6. The molecular formula is C17H24N4O3. The van der Waals surface area contributed by atoms with Crippen molar-refractivity contribution in [1.82, 2.24) is 19.6 Å². The quantitative estimate of drug-likeness (QED) is 0.796. The van der Waals surface area contributed by atoms with Gasteiger partial charge in [-0.1, -0.05) is 0 Å². The van der Waals surface area contributed by atoms with E-state index < -0.39 is 0 Å². The third kappa shape index (κ3) is 4.24. The molecule has 2 aromatic heterocycles. The lowest BCUT2D eigenvalue weighted by Gasteiger charge is -2.23. The fraction of sp³-hybridized carbons (Fsp3) is 0.529. The number of hydrogen-bond acceptors (Lipinski definition) is 5. The molecular weight excluding hydrogens is 308 g/mol. The van der Waals surface area contributed by atoms with Crippen molar-refractivity contribution in [1.29, 1.82) is 0 Å². The zero-order valence-corrected chi connectivity index (χ0v) is 14.2. The summed E-state index contributed by atoms with van der Waals surface area (Å²) in [5.74, 6) is 0.270. The summed E-state index contributed by atoms with van der Waals surface area (Å²) in [6, 6.07) is 4.05. The van der Waals surface area contributed by atoms with E-state index in [4.69, 9.17) is 9.15 Å². The fourth-order valence-electron chi connectivity index (χ4n) is 2.93. The molecule has 24 heavy (non-hydrogen) atoms. The molecule has 1 atom stereocenters. The summed E-state index contributed by atoms with van der Waals surface area (Å²) < 4.78 is 12.9. The lowest BCUT2D eigenvalue weighted by Crippen LogP contribution is -2.32. The normalized spacial score (nSPS) is 18.2. The molecule has 0 unspecified atom stereocenters. The van der Waals surface area contributed by atoms with Crippen LogP contribution >= 0.6 is 0 Å². The van der Waals surface area contributed by atoms with E-state index in [1.54, 1.807) is 31.5 Å². The Morgan fingerprint density at radius 1 is 1.42 bits per heavy atom. The van der Waals surface area contributed by atoms with Crippen molar-refractivity contribution in [3.05, 3.63) is 42.1 Å². The van der Waals surface area contributed by atoms with Crippen LogP contribution in [0.3, 0.4) is 0 Å². The van der Waals surface area contributed by atoms with E-state index in [1.807, 2.05) is 16.9 Å². The Labute approximate surface area is 141 Å². The van der Waals surface area contributed by atoms with Gasteiger partial charge in [-0.15, -0.1) is 0 Å². The van der Waals surface area contributed by atoms with Crippen molar-refractivity contribution in [2.45, 2.75) is 19.6 Å². The summed E-state index contributed by atoms with van der Waals surface area (Å²) in [4.78, 5) is 15.6. The van der Waals surface area contributed by atoms with Gasteiger partial charge in [-0.05, 0) is 12.1 Å². The van der Waals surface area contributed by atoms with E-state index in [0.29, 0.717) is 6.61 Å². The van der Waals surface area contributed by atoms with Gasteiger partial charge in [0.2, 0.25) is 5.91 Å². The van der Waals surface area contributed by atoms with Crippen LogP contribution in [0.5, 0.6) is 0 Å². The van der Waals surface area contributed by atoms with Crippen LogP contribution in [0.2, 0.25) is 0 Å². The minimum absolute atomic E-state index is 0.0151. The zero-order valence-electron chi connectivity index (χ0n) is 14.2. The summed E-state index contributed by atoms with van der Waals surface area (Å²) >= 11 is 0. The molecule has 7 heteroatoms. The molecule has 3 rings (SSSR count). The second kappa shape index (κ2) is 7.63. The first-order chi connectivity index (χ1) is 11.6. The molecule has 2 aromatic rings. The summed E-state index contributed by atoms with van der Waals surface area (Å²) in [5, 5.41) is 4.41. The molecule has 3 heterocycles. The Balaban J connectivity index is 1.62. The van der Waals surface area contributed by atoms with Gasteiger partial charge in [0.15, 0.2) is 0 Å². The fourth-order valence-corrected chi connectivity index (χ4v) is 2.93. The van der Waals surface area contributed by atoms with E-state index in [0.717, 1.165) is 31.7 Å². The number of amides is 1. The highest BCUT2D eigenvalue weighted by Crippen LogP contribution is 2.18. The summed E-state index contributed by atoms with van der Waals surface area (Å²) in [5.41, 5.74) is 2.36. The minimum atomic E-state index is -0.0151. The molecule has 0 N–H and O–H groups in total. The molecule has 1 aliphatic rings. The van der Waals surface area contributed by atoms with Crippen molar-refractivity contribution in [2.24, 2.45) is 5.92 Å². The van der Waals surface area contributed by atoms with Crippen molar-refractivity contribution in [3.63, 3.8) is 0 Å². The molecule has 0 aromatic carbocycles. The molecule has 130 valence electrons. The highest BCUT2D eigenvalue weighted by Gasteiger charge is 2.23. The maximum Gasteiger partial charge on any atom is 0.248 e. The summed E-state index contributed by atoms with van der Waals surface area (Å²) in [7, 11) is 3.47. The molecule has 1 aliphatic heterocycles. The van der Waals surface area contributed by atoms with E-state index in [-0.39, 0.29) is 18.4 Å². The number of carbonyl (C=O) groups excluding carboxylic acids is 1. The van der Waals surface area contributed by atoms with Crippen molar-refractivity contribution >= 4 is 5.91 Å². The smallest absolute Gasteiger partial charge is 0.248 e. The molecule has 0 radical (unpaired) electrons. The predicted molar refractivity (Wildman–Crippen MR) is 88.1 cm³/mol. The van der Waals surface area contributed by atoms with Gasteiger partial charge in [-0.25, -0.2) is 0 Å². The van der Waals surface area contributed by atoms with Crippen molar-refractivity contribution < 1.29 is 13.9 Å². The molecule has 0 saturated carbocycles. The number of aromatic nitrogens is 2. The first-order valence-electron chi connectivity index (χ1n) is 8.14. The third-order valence-corrected chi connectivity index (χ3v) is 4.20. The largest absolute Gasteiger partial charge is 0.472 e. The van der Waals surface area contributed by atoms with Crippen LogP contribution in [-0.2, 0) is 29.2 Å². The van der Waals surface area contributed by atoms with E-state index in [2.05, 4.69) is 16.1 Å². The van der Waals surface area contributed by atoms with Gasteiger partial charge < -0.3 is 14.1 Å². The molecule has 7 nitrogen and oxygen atoms in total. The second-order valence-electron chi connectivity index (χ2n) is 6.48. The highest BCUT2D eigenvalue weighted by molar-refractivity contribution is 5.76. The standard InChI is InChI=1S/C17H24N4O3/c1-19(2)17(22)13-24-12-15-8-20(7-14-4-6-23-11-14)10-16-3-5-18-21(16)9-15/h3-6,11,15H,7-10,12-13H2,1-2H3/t15-/m0/s1. The van der Waals surface area contributed by atoms with Gasteiger partial charge in [0.25, 0.3) is 0 Å². The SMILES string of the molecule is CN(C)C(=O)COC[C@H]1CN(Cc2ccoc2)Cc2ccnn2C1. The van der Waals surface area contributed by atoms with Gasteiger partial charge >= 0.3 is 0 Å². The van der Waals surface area contributed by atoms with Gasteiger partial charge in [-0.3, -0.25) is 14.4 Å². The average molecular weight is 332 g/mol. The van der Waals surface area contributed by atoms with Crippen LogP contribution < -0.4 is 0 Å². The Morgan fingerprint density at radius 2 is 2.29 bits per heavy atom. The van der Waals surface area contributed by atoms with E-state index >= 15 is 0 Å². The first-order valence-corrected chi connectivity index (χ1v) is 8.14. The van der Waals surface area contributed by atoms with Crippen molar-refractivity contribution in [2.75, 3.05) is 33.9 Å². The molecule has 0 bridgehead atoms.